The number of hydrogen-bond acceptors (Lipinski definition) is 1. The minimum Gasteiger partial charge on any atom is -0.513 e. The van der Waals surface area contributed by atoms with E-state index in [2.05, 4.69) is 87.5 Å². The average molecular weight is 423 g/mol. The van der Waals surface area contributed by atoms with Crippen LogP contribution in [0.3, 0.4) is 0 Å². The lowest BCUT2D eigenvalue weighted by Gasteiger charge is -2.28. The minimum absolute atomic E-state index is 0.363. The molecule has 164 valence electrons. The zero-order chi connectivity index (χ0) is 22.7. The third-order valence-electron chi connectivity index (χ3n) is 6.68. The first kappa shape index (κ1) is 22.1. The van der Waals surface area contributed by atoms with Crippen LogP contribution in [0.1, 0.15) is 84.4 Å². The second kappa shape index (κ2) is 9.61. The van der Waals surface area contributed by atoms with Gasteiger partial charge in [-0.2, -0.15) is 0 Å². The minimum atomic E-state index is 0.363. The lowest BCUT2D eigenvalue weighted by molar-refractivity contribution is 0.415. The quantitative estimate of drug-likeness (QED) is 0.311. The smallest absolute Gasteiger partial charge is 0.0897 e. The molecule has 0 bridgehead atoms. The summed E-state index contributed by atoms with van der Waals surface area (Å²) in [7, 11) is 0. The second-order valence-corrected chi connectivity index (χ2v) is 9.20. The summed E-state index contributed by atoms with van der Waals surface area (Å²) in [6, 6.07) is 24.6. The molecule has 32 heavy (non-hydrogen) atoms. The molecular formula is C31H34O. The van der Waals surface area contributed by atoms with E-state index in [-0.39, 0.29) is 0 Å². The molecule has 0 spiro atoms. The van der Waals surface area contributed by atoms with Gasteiger partial charge in [-0.15, -0.1) is 0 Å². The number of aliphatic hydroxyl groups is 1. The first-order chi connectivity index (χ1) is 15.5. The Labute approximate surface area is 193 Å². The zero-order valence-corrected chi connectivity index (χ0v) is 19.8. The molecule has 1 fully saturated rings. The van der Waals surface area contributed by atoms with Gasteiger partial charge in [0.15, 0.2) is 0 Å². The van der Waals surface area contributed by atoms with Crippen molar-refractivity contribution in [3.8, 4) is 0 Å². The Balaban J connectivity index is 1.93. The van der Waals surface area contributed by atoms with Crippen LogP contribution in [0.15, 0.2) is 72.5 Å². The van der Waals surface area contributed by atoms with Gasteiger partial charge in [-0.25, -0.2) is 0 Å². The normalized spacial score (nSPS) is 14.2. The fourth-order valence-electron chi connectivity index (χ4n) is 4.68. The van der Waals surface area contributed by atoms with Crippen LogP contribution in [0, 0.1) is 13.8 Å². The van der Waals surface area contributed by atoms with Crippen molar-refractivity contribution >= 4 is 17.2 Å². The topological polar surface area (TPSA) is 20.2 Å². The fraction of sp³-hybridized carbons (Fsp3) is 0.290. The van der Waals surface area contributed by atoms with E-state index in [4.69, 9.17) is 0 Å². The summed E-state index contributed by atoms with van der Waals surface area (Å²) >= 11 is 0. The first-order valence-electron chi connectivity index (χ1n) is 11.8. The maximum absolute atomic E-state index is 10.1. The Morgan fingerprint density at radius 2 is 1.38 bits per heavy atom. The van der Waals surface area contributed by atoms with Gasteiger partial charge in [-0.1, -0.05) is 85.1 Å². The summed E-state index contributed by atoms with van der Waals surface area (Å²) in [5.41, 5.74) is 11.4. The molecule has 1 aliphatic carbocycles. The van der Waals surface area contributed by atoms with Crippen LogP contribution in [0.5, 0.6) is 0 Å². The highest BCUT2D eigenvalue weighted by molar-refractivity contribution is 5.98. The van der Waals surface area contributed by atoms with Crippen molar-refractivity contribution < 1.29 is 5.11 Å². The predicted molar refractivity (Wildman–Crippen MR) is 138 cm³/mol. The number of benzene rings is 3. The molecule has 1 heteroatoms. The van der Waals surface area contributed by atoms with Gasteiger partial charge in [0.05, 0.1) is 5.76 Å². The van der Waals surface area contributed by atoms with E-state index in [1.165, 1.54) is 63.8 Å². The van der Waals surface area contributed by atoms with E-state index in [1.807, 2.05) is 6.08 Å². The van der Waals surface area contributed by atoms with Crippen LogP contribution >= 0.6 is 0 Å². The van der Waals surface area contributed by atoms with Crippen molar-refractivity contribution in [3.05, 3.63) is 111 Å². The molecule has 0 amide bonds. The molecule has 0 aromatic heterocycles. The van der Waals surface area contributed by atoms with E-state index in [9.17, 15) is 5.11 Å². The van der Waals surface area contributed by atoms with Gasteiger partial charge in [0.2, 0.25) is 0 Å². The number of aliphatic hydroxyl groups excluding tert-OH is 1. The summed E-state index contributed by atoms with van der Waals surface area (Å²) in [4.78, 5) is 0. The Kier molecular flexibility index (Phi) is 6.65. The number of hydrogen-bond donors (Lipinski definition) is 1. The number of rotatable bonds is 6. The van der Waals surface area contributed by atoms with E-state index >= 15 is 0 Å². The molecule has 0 saturated heterocycles. The summed E-state index contributed by atoms with van der Waals surface area (Å²) in [6.07, 6.45) is 6.67. The monoisotopic (exact) mass is 422 g/mol. The van der Waals surface area contributed by atoms with Crippen LogP contribution in [0.4, 0.5) is 0 Å². The van der Waals surface area contributed by atoms with E-state index in [1.54, 1.807) is 6.92 Å². The van der Waals surface area contributed by atoms with Crippen molar-refractivity contribution in [2.75, 3.05) is 0 Å². The third kappa shape index (κ3) is 4.72. The van der Waals surface area contributed by atoms with Crippen molar-refractivity contribution in [2.45, 2.75) is 59.3 Å². The molecule has 4 rings (SSSR count). The maximum atomic E-state index is 10.1. The van der Waals surface area contributed by atoms with E-state index in [0.717, 1.165) is 12.0 Å². The van der Waals surface area contributed by atoms with Crippen molar-refractivity contribution in [1.82, 2.24) is 0 Å². The Hall–Kier alpha value is -3.06. The SMILES string of the molecule is CCC(=C(c1ccc(C)cc1)c1ccc(C)cc1)c1ccc(C2CCC2)c(/C=C(\C)O)c1. The molecule has 1 aliphatic rings. The summed E-state index contributed by atoms with van der Waals surface area (Å²) < 4.78 is 0. The fourth-order valence-corrected chi connectivity index (χ4v) is 4.68. The van der Waals surface area contributed by atoms with E-state index in [0.29, 0.717) is 11.7 Å². The van der Waals surface area contributed by atoms with E-state index < -0.39 is 0 Å². The molecule has 0 unspecified atom stereocenters. The first-order valence-corrected chi connectivity index (χ1v) is 11.8. The molecule has 3 aromatic rings. The van der Waals surface area contributed by atoms with Gasteiger partial charge in [0.1, 0.15) is 0 Å². The van der Waals surface area contributed by atoms with Gasteiger partial charge in [-0.3, -0.25) is 0 Å². The molecule has 0 aliphatic heterocycles. The maximum Gasteiger partial charge on any atom is 0.0897 e. The molecule has 0 heterocycles. The van der Waals surface area contributed by atoms with Crippen molar-refractivity contribution in [2.24, 2.45) is 0 Å². The third-order valence-corrected chi connectivity index (χ3v) is 6.68. The summed E-state index contributed by atoms with van der Waals surface area (Å²) in [5, 5.41) is 10.1. The standard InChI is InChI=1S/C31H34O/c1-5-29(27-17-18-30(24-7-6-8-24)28(20-27)19-23(4)32)31(25-13-9-21(2)10-14-25)26-15-11-22(3)12-16-26/h9-20,24,32H,5-8H2,1-4H3/b23-19+. The highest BCUT2D eigenvalue weighted by Gasteiger charge is 2.22. The molecule has 3 aromatic carbocycles. The van der Waals surface area contributed by atoms with Gasteiger partial charge in [-0.05, 0) is 97.1 Å². The Morgan fingerprint density at radius 1 is 0.844 bits per heavy atom. The highest BCUT2D eigenvalue weighted by atomic mass is 16.3. The van der Waals surface area contributed by atoms with Crippen LogP contribution in [0.25, 0.3) is 17.2 Å². The highest BCUT2D eigenvalue weighted by Crippen LogP contribution is 2.41. The predicted octanol–water partition coefficient (Wildman–Crippen LogP) is 8.86. The zero-order valence-electron chi connectivity index (χ0n) is 19.8. The summed E-state index contributed by atoms with van der Waals surface area (Å²) in [5.74, 6) is 0.986. The lowest BCUT2D eigenvalue weighted by Crippen LogP contribution is -2.10. The van der Waals surface area contributed by atoms with Gasteiger partial charge >= 0.3 is 0 Å². The van der Waals surface area contributed by atoms with Crippen LogP contribution in [-0.2, 0) is 0 Å². The van der Waals surface area contributed by atoms with Crippen LogP contribution in [-0.4, -0.2) is 5.11 Å². The van der Waals surface area contributed by atoms with Crippen LogP contribution < -0.4 is 0 Å². The van der Waals surface area contributed by atoms with Gasteiger partial charge in [0, 0.05) is 0 Å². The Bertz CT molecular complexity index is 1090. The van der Waals surface area contributed by atoms with Crippen molar-refractivity contribution in [1.29, 1.82) is 0 Å². The summed E-state index contributed by atoms with van der Waals surface area (Å²) in [6.45, 7) is 8.27. The molecular weight excluding hydrogens is 388 g/mol. The number of allylic oxidation sites excluding steroid dienone is 2. The largest absolute Gasteiger partial charge is 0.513 e. The average Bonchev–Trinajstić information content (AvgIpc) is 2.73. The Morgan fingerprint density at radius 3 is 1.81 bits per heavy atom. The molecule has 1 N–H and O–H groups in total. The second-order valence-electron chi connectivity index (χ2n) is 9.20. The molecule has 0 radical (unpaired) electrons. The lowest BCUT2D eigenvalue weighted by atomic mass is 9.77. The van der Waals surface area contributed by atoms with Gasteiger partial charge in [0.25, 0.3) is 0 Å². The van der Waals surface area contributed by atoms with Crippen molar-refractivity contribution in [3.63, 3.8) is 0 Å². The molecule has 1 nitrogen and oxygen atoms in total. The van der Waals surface area contributed by atoms with Gasteiger partial charge < -0.3 is 5.11 Å². The molecule has 1 saturated carbocycles. The molecule has 0 atom stereocenters. The van der Waals surface area contributed by atoms with Crippen LogP contribution in [0.2, 0.25) is 0 Å². The number of aryl methyl sites for hydroxylation is 2.